The highest BCUT2D eigenvalue weighted by Gasteiger charge is 2.28. The van der Waals surface area contributed by atoms with Crippen LogP contribution < -0.4 is 10.5 Å². The van der Waals surface area contributed by atoms with Gasteiger partial charge in [0.05, 0.1) is 0 Å². The summed E-state index contributed by atoms with van der Waals surface area (Å²) in [5.74, 6) is -1.50. The van der Waals surface area contributed by atoms with Crippen LogP contribution in [0.3, 0.4) is 0 Å². The molecule has 7 heteroatoms. The lowest BCUT2D eigenvalue weighted by Gasteiger charge is -2.35. The van der Waals surface area contributed by atoms with Crippen molar-refractivity contribution >= 4 is 18.3 Å². The lowest BCUT2D eigenvalue weighted by molar-refractivity contribution is -0.139. The van der Waals surface area contributed by atoms with Crippen molar-refractivity contribution in [2.24, 2.45) is 11.7 Å². The van der Waals surface area contributed by atoms with E-state index in [0.717, 1.165) is 25.0 Å². The Labute approximate surface area is 141 Å². The van der Waals surface area contributed by atoms with Crippen LogP contribution in [0.1, 0.15) is 26.7 Å². The summed E-state index contributed by atoms with van der Waals surface area (Å²) in [5, 5.41) is 0. The number of piperidine rings is 1. The Kier molecular flexibility index (Phi) is 7.22. The van der Waals surface area contributed by atoms with Crippen LogP contribution in [-0.2, 0) is 4.79 Å². The number of amides is 1. The molecule has 0 saturated carbocycles. The van der Waals surface area contributed by atoms with Crippen molar-refractivity contribution in [3.63, 3.8) is 0 Å². The molecule has 0 radical (unpaired) electrons. The van der Waals surface area contributed by atoms with E-state index in [2.05, 4.69) is 0 Å². The number of benzene rings is 1. The molecule has 0 spiro atoms. The van der Waals surface area contributed by atoms with Gasteiger partial charge >= 0.3 is 0 Å². The van der Waals surface area contributed by atoms with Crippen LogP contribution in [-0.4, -0.2) is 36.0 Å². The van der Waals surface area contributed by atoms with Gasteiger partial charge in [-0.05, 0) is 44.7 Å². The molecule has 1 aliphatic heterocycles. The molecule has 1 aliphatic rings. The van der Waals surface area contributed by atoms with Crippen molar-refractivity contribution in [1.82, 2.24) is 4.90 Å². The fourth-order valence-corrected chi connectivity index (χ4v) is 2.71. The van der Waals surface area contributed by atoms with Crippen LogP contribution >= 0.6 is 12.4 Å². The zero-order valence-corrected chi connectivity index (χ0v) is 14.1. The number of likely N-dealkylation sites (tertiary alicyclic amines) is 1. The zero-order chi connectivity index (χ0) is 16.3. The molecule has 0 aliphatic carbocycles. The van der Waals surface area contributed by atoms with Gasteiger partial charge in [-0.25, -0.2) is 8.78 Å². The van der Waals surface area contributed by atoms with Crippen LogP contribution in [0.4, 0.5) is 8.78 Å². The Morgan fingerprint density at radius 1 is 1.26 bits per heavy atom. The molecule has 0 aromatic heterocycles. The maximum absolute atomic E-state index is 13.1. The summed E-state index contributed by atoms with van der Waals surface area (Å²) in [4.78, 5) is 14.1. The lowest BCUT2D eigenvalue weighted by atomic mass is 9.91. The van der Waals surface area contributed by atoms with Gasteiger partial charge in [-0.15, -0.1) is 12.4 Å². The SMILES string of the molecule is CC(Oc1ccc(F)c(F)c1)C(=O)N1CCC(C(C)N)CC1.Cl. The highest BCUT2D eigenvalue weighted by atomic mass is 35.5. The molecule has 1 saturated heterocycles. The van der Waals surface area contributed by atoms with Gasteiger partial charge in [-0.2, -0.15) is 0 Å². The number of ether oxygens (including phenoxy) is 1. The number of hydrogen-bond acceptors (Lipinski definition) is 3. The first-order valence-corrected chi connectivity index (χ1v) is 7.54. The predicted molar refractivity (Wildman–Crippen MR) is 86.6 cm³/mol. The van der Waals surface area contributed by atoms with E-state index in [1.165, 1.54) is 6.07 Å². The standard InChI is InChI=1S/C16H22F2N2O2.ClH/c1-10(19)12-5-7-20(8-6-12)16(21)11(2)22-13-3-4-14(17)15(18)9-13;/h3-4,9-12H,5-8,19H2,1-2H3;1H. The van der Waals surface area contributed by atoms with Gasteiger partial charge in [0, 0.05) is 25.2 Å². The topological polar surface area (TPSA) is 55.6 Å². The second-order valence-corrected chi connectivity index (χ2v) is 5.86. The number of halogens is 3. The molecule has 1 amide bonds. The van der Waals surface area contributed by atoms with Gasteiger partial charge in [0.15, 0.2) is 17.7 Å². The largest absolute Gasteiger partial charge is 0.481 e. The van der Waals surface area contributed by atoms with E-state index in [-0.39, 0.29) is 30.1 Å². The van der Waals surface area contributed by atoms with Crippen molar-refractivity contribution in [2.75, 3.05) is 13.1 Å². The predicted octanol–water partition coefficient (Wildman–Crippen LogP) is 2.74. The molecule has 1 aromatic carbocycles. The fourth-order valence-electron chi connectivity index (χ4n) is 2.71. The molecule has 2 unspecified atom stereocenters. The number of nitrogens with zero attached hydrogens (tertiary/aromatic N) is 1. The Hall–Kier alpha value is -1.40. The minimum Gasteiger partial charge on any atom is -0.481 e. The summed E-state index contributed by atoms with van der Waals surface area (Å²) in [6.45, 7) is 4.89. The Morgan fingerprint density at radius 3 is 2.39 bits per heavy atom. The van der Waals surface area contributed by atoms with Gasteiger partial charge in [0.2, 0.25) is 0 Å². The first-order valence-electron chi connectivity index (χ1n) is 7.54. The minimum atomic E-state index is -0.991. The third-order valence-corrected chi connectivity index (χ3v) is 4.15. The summed E-state index contributed by atoms with van der Waals surface area (Å²) >= 11 is 0. The number of rotatable bonds is 4. The fraction of sp³-hybridized carbons (Fsp3) is 0.562. The monoisotopic (exact) mass is 348 g/mol. The smallest absolute Gasteiger partial charge is 0.263 e. The molecule has 130 valence electrons. The average Bonchev–Trinajstić information content (AvgIpc) is 2.50. The second-order valence-electron chi connectivity index (χ2n) is 5.86. The molecule has 1 aromatic rings. The molecule has 2 N–H and O–H groups in total. The van der Waals surface area contributed by atoms with Crippen molar-refractivity contribution in [3.8, 4) is 5.75 Å². The van der Waals surface area contributed by atoms with Crippen LogP contribution in [0.2, 0.25) is 0 Å². The summed E-state index contributed by atoms with van der Waals surface area (Å²) in [6, 6.07) is 3.37. The van der Waals surface area contributed by atoms with Crippen LogP contribution in [0.5, 0.6) is 5.75 Å². The van der Waals surface area contributed by atoms with Crippen molar-refractivity contribution < 1.29 is 18.3 Å². The van der Waals surface area contributed by atoms with Gasteiger partial charge in [-0.3, -0.25) is 4.79 Å². The van der Waals surface area contributed by atoms with Gasteiger partial charge in [0.1, 0.15) is 5.75 Å². The highest BCUT2D eigenvalue weighted by Crippen LogP contribution is 2.21. The molecular formula is C16H23ClF2N2O2. The molecular weight excluding hydrogens is 326 g/mol. The summed E-state index contributed by atoms with van der Waals surface area (Å²) in [7, 11) is 0. The third kappa shape index (κ3) is 5.04. The molecule has 2 atom stereocenters. The van der Waals surface area contributed by atoms with Gasteiger partial charge < -0.3 is 15.4 Å². The first-order chi connectivity index (χ1) is 10.4. The summed E-state index contributed by atoms with van der Waals surface area (Å²) in [6.07, 6.45) is 1.01. The van der Waals surface area contributed by atoms with Crippen LogP contribution in [0.25, 0.3) is 0 Å². The summed E-state index contributed by atoms with van der Waals surface area (Å²) in [5.41, 5.74) is 5.88. The lowest BCUT2D eigenvalue weighted by Crippen LogP contribution is -2.46. The van der Waals surface area contributed by atoms with E-state index in [9.17, 15) is 13.6 Å². The number of nitrogens with two attached hydrogens (primary N) is 1. The maximum Gasteiger partial charge on any atom is 0.263 e. The molecule has 1 fully saturated rings. The first kappa shape index (κ1) is 19.6. The van der Waals surface area contributed by atoms with Crippen LogP contribution in [0.15, 0.2) is 18.2 Å². The summed E-state index contributed by atoms with van der Waals surface area (Å²) < 4.78 is 31.4. The molecule has 2 rings (SSSR count). The number of carbonyl (C=O) groups excluding carboxylic acids is 1. The molecule has 4 nitrogen and oxygen atoms in total. The molecule has 1 heterocycles. The van der Waals surface area contributed by atoms with E-state index in [4.69, 9.17) is 10.5 Å². The Balaban J connectivity index is 0.00000264. The third-order valence-electron chi connectivity index (χ3n) is 4.15. The average molecular weight is 349 g/mol. The van der Waals surface area contributed by atoms with Gasteiger partial charge in [-0.1, -0.05) is 0 Å². The molecule has 23 heavy (non-hydrogen) atoms. The Morgan fingerprint density at radius 2 is 1.87 bits per heavy atom. The quantitative estimate of drug-likeness (QED) is 0.910. The maximum atomic E-state index is 13.1. The Bertz CT molecular complexity index is 535. The normalized spacial score (nSPS) is 18.0. The van der Waals surface area contributed by atoms with Gasteiger partial charge in [0.25, 0.3) is 5.91 Å². The minimum absolute atomic E-state index is 0. The van der Waals surface area contributed by atoms with Crippen molar-refractivity contribution in [1.29, 1.82) is 0 Å². The van der Waals surface area contributed by atoms with E-state index in [0.29, 0.717) is 19.0 Å². The number of hydrogen-bond donors (Lipinski definition) is 1. The van der Waals surface area contributed by atoms with E-state index in [1.807, 2.05) is 6.92 Å². The van der Waals surface area contributed by atoms with Crippen molar-refractivity contribution in [3.05, 3.63) is 29.8 Å². The van der Waals surface area contributed by atoms with E-state index in [1.54, 1.807) is 11.8 Å². The number of carbonyl (C=O) groups is 1. The highest BCUT2D eigenvalue weighted by molar-refractivity contribution is 5.85. The second kappa shape index (κ2) is 8.45. The van der Waals surface area contributed by atoms with Crippen molar-refractivity contribution in [2.45, 2.75) is 38.8 Å². The van der Waals surface area contributed by atoms with E-state index < -0.39 is 17.7 Å². The van der Waals surface area contributed by atoms with Crippen LogP contribution in [0, 0.1) is 17.6 Å². The zero-order valence-electron chi connectivity index (χ0n) is 13.3. The molecule has 0 bridgehead atoms. The van der Waals surface area contributed by atoms with E-state index >= 15 is 0 Å².